The molecule has 0 saturated heterocycles. The van der Waals surface area contributed by atoms with E-state index in [-0.39, 0.29) is 5.78 Å². The third-order valence-corrected chi connectivity index (χ3v) is 2.95. The topological polar surface area (TPSA) is 34.9 Å². The van der Waals surface area contributed by atoms with E-state index in [0.717, 1.165) is 17.6 Å². The number of rotatable bonds is 5. The Balaban J connectivity index is 2.38. The van der Waals surface area contributed by atoms with Gasteiger partial charge in [-0.25, -0.2) is 0 Å². The molecule has 0 unspecified atom stereocenters. The summed E-state index contributed by atoms with van der Waals surface area (Å²) in [4.78, 5) is 15.5. The summed E-state index contributed by atoms with van der Waals surface area (Å²) in [5.41, 5.74) is 2.08. The molecular weight excluding hydrogens is 212 g/mol. The van der Waals surface area contributed by atoms with Crippen molar-refractivity contribution in [3.8, 4) is 0 Å². The van der Waals surface area contributed by atoms with Crippen molar-refractivity contribution >= 4 is 16.7 Å². The number of aromatic nitrogens is 2. The molecule has 2 aromatic heterocycles. The molecular formula is C14H18N2O. The molecule has 2 rings (SSSR count). The van der Waals surface area contributed by atoms with Gasteiger partial charge in [0, 0.05) is 30.7 Å². The van der Waals surface area contributed by atoms with Gasteiger partial charge in [-0.2, -0.15) is 0 Å². The number of unbranched alkanes of at least 4 members (excludes halogenated alkanes) is 1. The van der Waals surface area contributed by atoms with E-state index in [1.54, 1.807) is 13.1 Å². The third-order valence-electron chi connectivity index (χ3n) is 2.95. The van der Waals surface area contributed by atoms with Gasteiger partial charge in [-0.15, -0.1) is 0 Å². The van der Waals surface area contributed by atoms with Gasteiger partial charge in [0.2, 0.25) is 0 Å². The standard InChI is InChI=1S/C14H18N2O/c1-3-4-8-16-9-6-12-13(10-11(2)17)15-7-5-14(12)16/h5-7,9H,3-4,8,10H2,1-2H3. The number of hydrogen-bond acceptors (Lipinski definition) is 2. The van der Waals surface area contributed by atoms with E-state index in [1.807, 2.05) is 6.07 Å². The molecule has 0 bridgehead atoms. The van der Waals surface area contributed by atoms with Crippen molar-refractivity contribution in [2.75, 3.05) is 0 Å². The second-order valence-corrected chi connectivity index (χ2v) is 4.43. The lowest BCUT2D eigenvalue weighted by Crippen LogP contribution is -2.00. The highest BCUT2D eigenvalue weighted by molar-refractivity contribution is 5.87. The maximum atomic E-state index is 11.2. The number of Topliss-reactive ketones (excluding diaryl/α,β-unsaturated/α-hetero) is 1. The summed E-state index contributed by atoms with van der Waals surface area (Å²) in [6.45, 7) is 4.83. The summed E-state index contributed by atoms with van der Waals surface area (Å²) < 4.78 is 2.24. The SMILES string of the molecule is CCCCn1ccc2c(CC(C)=O)nccc21. The van der Waals surface area contributed by atoms with Crippen molar-refractivity contribution in [1.82, 2.24) is 9.55 Å². The average molecular weight is 230 g/mol. The van der Waals surface area contributed by atoms with E-state index < -0.39 is 0 Å². The van der Waals surface area contributed by atoms with Crippen LogP contribution < -0.4 is 0 Å². The van der Waals surface area contributed by atoms with E-state index in [9.17, 15) is 4.79 Å². The first-order valence-electron chi connectivity index (χ1n) is 6.14. The highest BCUT2D eigenvalue weighted by Crippen LogP contribution is 2.19. The van der Waals surface area contributed by atoms with Gasteiger partial charge in [0.05, 0.1) is 11.2 Å². The molecule has 0 aliphatic carbocycles. The zero-order valence-electron chi connectivity index (χ0n) is 10.4. The summed E-state index contributed by atoms with van der Waals surface area (Å²) in [7, 11) is 0. The summed E-state index contributed by atoms with van der Waals surface area (Å²) >= 11 is 0. The van der Waals surface area contributed by atoms with E-state index in [2.05, 4.69) is 28.7 Å². The van der Waals surface area contributed by atoms with E-state index in [4.69, 9.17) is 0 Å². The van der Waals surface area contributed by atoms with Crippen molar-refractivity contribution < 1.29 is 4.79 Å². The van der Waals surface area contributed by atoms with Gasteiger partial charge in [-0.1, -0.05) is 13.3 Å². The highest BCUT2D eigenvalue weighted by atomic mass is 16.1. The summed E-state index contributed by atoms with van der Waals surface area (Å²) in [6.07, 6.45) is 6.67. The Hall–Kier alpha value is -1.64. The predicted molar refractivity (Wildman–Crippen MR) is 69.0 cm³/mol. The molecule has 0 radical (unpaired) electrons. The quantitative estimate of drug-likeness (QED) is 0.791. The minimum atomic E-state index is 0.159. The first-order valence-corrected chi connectivity index (χ1v) is 6.14. The fourth-order valence-corrected chi connectivity index (χ4v) is 2.08. The van der Waals surface area contributed by atoms with Gasteiger partial charge in [0.15, 0.2) is 0 Å². The number of carbonyl (C=O) groups is 1. The van der Waals surface area contributed by atoms with Crippen molar-refractivity contribution in [2.24, 2.45) is 0 Å². The van der Waals surface area contributed by atoms with Crippen LogP contribution in [0.2, 0.25) is 0 Å². The van der Waals surface area contributed by atoms with Gasteiger partial charge >= 0.3 is 0 Å². The summed E-state index contributed by atoms with van der Waals surface area (Å²) in [5, 5.41) is 1.11. The maximum Gasteiger partial charge on any atom is 0.135 e. The molecule has 17 heavy (non-hydrogen) atoms. The Morgan fingerprint density at radius 3 is 2.94 bits per heavy atom. The van der Waals surface area contributed by atoms with Crippen LogP contribution in [0.4, 0.5) is 0 Å². The van der Waals surface area contributed by atoms with E-state index in [0.29, 0.717) is 6.42 Å². The molecule has 3 nitrogen and oxygen atoms in total. The molecule has 90 valence electrons. The Kier molecular flexibility index (Phi) is 3.57. The highest BCUT2D eigenvalue weighted by Gasteiger charge is 2.08. The van der Waals surface area contributed by atoms with Crippen LogP contribution in [-0.2, 0) is 17.8 Å². The van der Waals surface area contributed by atoms with Gasteiger partial charge in [0.25, 0.3) is 0 Å². The lowest BCUT2D eigenvalue weighted by molar-refractivity contribution is -0.116. The van der Waals surface area contributed by atoms with Crippen LogP contribution >= 0.6 is 0 Å². The zero-order valence-corrected chi connectivity index (χ0v) is 10.4. The summed E-state index contributed by atoms with van der Waals surface area (Å²) in [5.74, 6) is 0.159. The number of nitrogens with zero attached hydrogens (tertiary/aromatic N) is 2. The molecule has 0 N–H and O–H groups in total. The van der Waals surface area contributed by atoms with E-state index in [1.165, 1.54) is 18.4 Å². The molecule has 2 aromatic rings. The average Bonchev–Trinajstić information content (AvgIpc) is 2.70. The molecule has 2 heterocycles. The van der Waals surface area contributed by atoms with Crippen LogP contribution in [0.1, 0.15) is 32.4 Å². The minimum absolute atomic E-state index is 0.159. The number of aryl methyl sites for hydroxylation is 1. The first-order chi connectivity index (χ1) is 8.22. The molecule has 0 fully saturated rings. The van der Waals surface area contributed by atoms with Crippen molar-refractivity contribution in [3.63, 3.8) is 0 Å². The van der Waals surface area contributed by atoms with Crippen LogP contribution in [0.25, 0.3) is 10.9 Å². The second kappa shape index (κ2) is 5.13. The molecule has 0 aromatic carbocycles. The predicted octanol–water partition coefficient (Wildman–Crippen LogP) is 2.97. The number of carbonyl (C=O) groups excluding carboxylic acids is 1. The van der Waals surface area contributed by atoms with E-state index >= 15 is 0 Å². The second-order valence-electron chi connectivity index (χ2n) is 4.43. The fraction of sp³-hybridized carbons (Fsp3) is 0.429. The number of fused-ring (bicyclic) bond motifs is 1. The third kappa shape index (κ3) is 2.54. The summed E-state index contributed by atoms with van der Waals surface area (Å²) in [6, 6.07) is 4.09. The maximum absolute atomic E-state index is 11.2. The van der Waals surface area contributed by atoms with Gasteiger partial charge in [-0.3, -0.25) is 9.78 Å². The lowest BCUT2D eigenvalue weighted by Gasteiger charge is -2.05. The smallest absolute Gasteiger partial charge is 0.135 e. The van der Waals surface area contributed by atoms with Crippen LogP contribution in [-0.4, -0.2) is 15.3 Å². The normalized spacial score (nSPS) is 10.9. The van der Waals surface area contributed by atoms with Gasteiger partial charge in [0.1, 0.15) is 5.78 Å². The van der Waals surface area contributed by atoms with Crippen molar-refractivity contribution in [2.45, 2.75) is 39.7 Å². The molecule has 0 amide bonds. The van der Waals surface area contributed by atoms with Crippen LogP contribution in [0, 0.1) is 0 Å². The molecule has 3 heteroatoms. The number of pyridine rings is 1. The molecule has 0 aliphatic rings. The fourth-order valence-electron chi connectivity index (χ4n) is 2.08. The number of ketones is 1. The zero-order chi connectivity index (χ0) is 12.3. The first kappa shape index (κ1) is 11.8. The Morgan fingerprint density at radius 2 is 2.24 bits per heavy atom. The number of hydrogen-bond donors (Lipinski definition) is 0. The molecule has 0 aliphatic heterocycles. The van der Waals surface area contributed by atoms with Crippen molar-refractivity contribution in [3.05, 3.63) is 30.2 Å². The Bertz CT molecular complexity index is 528. The lowest BCUT2D eigenvalue weighted by atomic mass is 10.1. The van der Waals surface area contributed by atoms with Crippen LogP contribution in [0.5, 0.6) is 0 Å². The van der Waals surface area contributed by atoms with Gasteiger partial charge in [-0.05, 0) is 25.5 Å². The molecule has 0 saturated carbocycles. The Morgan fingerprint density at radius 1 is 1.41 bits per heavy atom. The van der Waals surface area contributed by atoms with Crippen molar-refractivity contribution in [1.29, 1.82) is 0 Å². The minimum Gasteiger partial charge on any atom is -0.347 e. The largest absolute Gasteiger partial charge is 0.347 e. The van der Waals surface area contributed by atoms with Crippen LogP contribution in [0.3, 0.4) is 0 Å². The molecule has 0 spiro atoms. The Labute approximate surface area is 101 Å². The van der Waals surface area contributed by atoms with Gasteiger partial charge < -0.3 is 4.57 Å². The van der Waals surface area contributed by atoms with Crippen LogP contribution in [0.15, 0.2) is 24.5 Å². The molecule has 0 atom stereocenters. The monoisotopic (exact) mass is 230 g/mol.